The van der Waals surface area contributed by atoms with Gasteiger partial charge in [-0.1, -0.05) is 26.7 Å². The maximum atomic E-state index is 12.1. The summed E-state index contributed by atoms with van der Waals surface area (Å²) in [6.45, 7) is 6.38. The van der Waals surface area contributed by atoms with Crippen LogP contribution in [0.4, 0.5) is 0 Å². The van der Waals surface area contributed by atoms with Gasteiger partial charge in [0.05, 0.1) is 6.04 Å². The molecular weight excluding hydrogens is 212 g/mol. The first-order valence-corrected chi connectivity index (χ1v) is 7.14. The third-order valence-corrected chi connectivity index (χ3v) is 4.55. The third kappa shape index (κ3) is 3.01. The normalized spacial score (nSPS) is 34.5. The van der Waals surface area contributed by atoms with E-state index in [0.717, 1.165) is 12.3 Å². The zero-order valence-corrected chi connectivity index (χ0v) is 11.3. The molecule has 2 N–H and O–H groups in total. The van der Waals surface area contributed by atoms with Crippen molar-refractivity contribution in [3.05, 3.63) is 0 Å². The summed E-state index contributed by atoms with van der Waals surface area (Å²) in [7, 11) is 0. The van der Waals surface area contributed by atoms with Gasteiger partial charge in [-0.15, -0.1) is 0 Å². The van der Waals surface area contributed by atoms with Gasteiger partial charge in [0, 0.05) is 12.1 Å². The lowest BCUT2D eigenvalue weighted by Crippen LogP contribution is -2.47. The Morgan fingerprint density at radius 3 is 2.59 bits per heavy atom. The molecule has 0 bridgehead atoms. The van der Waals surface area contributed by atoms with E-state index in [1.165, 1.54) is 25.7 Å². The lowest BCUT2D eigenvalue weighted by Gasteiger charge is -2.24. The van der Waals surface area contributed by atoms with Gasteiger partial charge in [-0.05, 0) is 38.0 Å². The lowest BCUT2D eigenvalue weighted by molar-refractivity contribution is -0.123. The van der Waals surface area contributed by atoms with Crippen LogP contribution in [0.3, 0.4) is 0 Å². The Labute approximate surface area is 105 Å². The molecule has 0 spiro atoms. The summed E-state index contributed by atoms with van der Waals surface area (Å²) < 4.78 is 0. The van der Waals surface area contributed by atoms with Crippen molar-refractivity contribution in [2.24, 2.45) is 11.8 Å². The number of rotatable bonds is 3. The molecule has 4 atom stereocenters. The fourth-order valence-electron chi connectivity index (χ4n) is 3.01. The fourth-order valence-corrected chi connectivity index (χ4v) is 3.01. The van der Waals surface area contributed by atoms with Crippen molar-refractivity contribution in [3.8, 4) is 0 Å². The lowest BCUT2D eigenvalue weighted by atomic mass is 9.85. The average molecular weight is 238 g/mol. The van der Waals surface area contributed by atoms with Gasteiger partial charge in [-0.2, -0.15) is 0 Å². The van der Waals surface area contributed by atoms with Crippen molar-refractivity contribution in [1.82, 2.24) is 10.6 Å². The maximum Gasteiger partial charge on any atom is 0.237 e. The Balaban J connectivity index is 1.85. The SMILES string of the molecule is CC(C)C(C)NC(=O)C1CC2CCCCC2N1. The molecule has 0 aromatic carbocycles. The fraction of sp³-hybridized carbons (Fsp3) is 0.929. The summed E-state index contributed by atoms with van der Waals surface area (Å²) in [6.07, 6.45) is 6.28. The number of carbonyl (C=O) groups is 1. The minimum atomic E-state index is 0.0595. The van der Waals surface area contributed by atoms with Gasteiger partial charge < -0.3 is 10.6 Å². The van der Waals surface area contributed by atoms with Gasteiger partial charge in [-0.25, -0.2) is 0 Å². The highest BCUT2D eigenvalue weighted by atomic mass is 16.2. The number of fused-ring (bicyclic) bond motifs is 1. The second-order valence-electron chi connectivity index (χ2n) is 6.15. The molecule has 3 nitrogen and oxygen atoms in total. The quantitative estimate of drug-likeness (QED) is 0.790. The monoisotopic (exact) mass is 238 g/mol. The minimum absolute atomic E-state index is 0.0595. The molecular formula is C14H26N2O. The van der Waals surface area contributed by atoms with Crippen molar-refractivity contribution in [1.29, 1.82) is 0 Å². The number of nitrogens with one attached hydrogen (secondary N) is 2. The number of hydrogen-bond acceptors (Lipinski definition) is 2. The zero-order chi connectivity index (χ0) is 12.4. The van der Waals surface area contributed by atoms with Crippen LogP contribution in [0.1, 0.15) is 52.9 Å². The second-order valence-corrected chi connectivity index (χ2v) is 6.15. The molecule has 2 aliphatic rings. The molecule has 2 fully saturated rings. The molecule has 4 unspecified atom stereocenters. The molecule has 1 aliphatic carbocycles. The molecule has 1 heterocycles. The molecule has 2 rings (SSSR count). The van der Waals surface area contributed by atoms with E-state index in [4.69, 9.17) is 0 Å². The van der Waals surface area contributed by atoms with E-state index >= 15 is 0 Å². The molecule has 3 heteroatoms. The molecule has 0 aromatic rings. The topological polar surface area (TPSA) is 41.1 Å². The number of amides is 1. The van der Waals surface area contributed by atoms with E-state index in [1.807, 2.05) is 0 Å². The number of carbonyl (C=O) groups excluding carboxylic acids is 1. The van der Waals surface area contributed by atoms with Gasteiger partial charge >= 0.3 is 0 Å². The second kappa shape index (κ2) is 5.38. The van der Waals surface area contributed by atoms with Gasteiger partial charge in [0.1, 0.15) is 0 Å². The van der Waals surface area contributed by atoms with Gasteiger partial charge in [0.2, 0.25) is 5.91 Å². The summed E-state index contributed by atoms with van der Waals surface area (Å²) in [5, 5.41) is 6.65. The van der Waals surface area contributed by atoms with Crippen LogP contribution in [-0.4, -0.2) is 24.0 Å². The first kappa shape index (κ1) is 12.9. The van der Waals surface area contributed by atoms with Crippen LogP contribution < -0.4 is 10.6 Å². The summed E-state index contributed by atoms with van der Waals surface area (Å²) >= 11 is 0. The van der Waals surface area contributed by atoms with Crippen molar-refractivity contribution < 1.29 is 4.79 Å². The molecule has 0 aromatic heterocycles. The van der Waals surface area contributed by atoms with Gasteiger partial charge in [-0.3, -0.25) is 4.79 Å². The third-order valence-electron chi connectivity index (χ3n) is 4.55. The van der Waals surface area contributed by atoms with Crippen molar-refractivity contribution in [2.75, 3.05) is 0 Å². The zero-order valence-electron chi connectivity index (χ0n) is 11.3. The van der Waals surface area contributed by atoms with Gasteiger partial charge in [0.15, 0.2) is 0 Å². The molecule has 0 radical (unpaired) electrons. The largest absolute Gasteiger partial charge is 0.352 e. The van der Waals surface area contributed by atoms with Crippen LogP contribution in [0, 0.1) is 11.8 Å². The molecule has 1 amide bonds. The van der Waals surface area contributed by atoms with E-state index in [1.54, 1.807) is 0 Å². The minimum Gasteiger partial charge on any atom is -0.352 e. The van der Waals surface area contributed by atoms with Gasteiger partial charge in [0.25, 0.3) is 0 Å². The Kier molecular flexibility index (Phi) is 4.08. The van der Waals surface area contributed by atoms with Crippen molar-refractivity contribution in [2.45, 2.75) is 71.0 Å². The van der Waals surface area contributed by atoms with E-state index in [-0.39, 0.29) is 18.0 Å². The first-order chi connectivity index (χ1) is 8.08. The predicted molar refractivity (Wildman–Crippen MR) is 69.7 cm³/mol. The van der Waals surface area contributed by atoms with E-state index in [2.05, 4.69) is 31.4 Å². The molecule has 1 saturated heterocycles. The highest BCUT2D eigenvalue weighted by Gasteiger charge is 2.38. The highest BCUT2D eigenvalue weighted by Crippen LogP contribution is 2.33. The maximum absolute atomic E-state index is 12.1. The van der Waals surface area contributed by atoms with Crippen LogP contribution in [-0.2, 0) is 4.79 Å². The summed E-state index contributed by atoms with van der Waals surface area (Å²) in [6, 6.07) is 0.935. The standard InChI is InChI=1S/C14H26N2O/c1-9(2)10(3)15-14(17)13-8-11-6-4-5-7-12(11)16-13/h9-13,16H,4-8H2,1-3H3,(H,15,17). The average Bonchev–Trinajstić information content (AvgIpc) is 2.72. The highest BCUT2D eigenvalue weighted by molar-refractivity contribution is 5.82. The summed E-state index contributed by atoms with van der Waals surface area (Å²) in [5.74, 6) is 1.46. The van der Waals surface area contributed by atoms with Crippen molar-refractivity contribution in [3.63, 3.8) is 0 Å². The van der Waals surface area contributed by atoms with Crippen LogP contribution in [0.5, 0.6) is 0 Å². The Morgan fingerprint density at radius 2 is 1.94 bits per heavy atom. The van der Waals surface area contributed by atoms with Crippen molar-refractivity contribution >= 4 is 5.91 Å². The first-order valence-electron chi connectivity index (χ1n) is 7.14. The number of hydrogen-bond donors (Lipinski definition) is 2. The van der Waals surface area contributed by atoms with Crippen LogP contribution in [0.15, 0.2) is 0 Å². The van der Waals surface area contributed by atoms with E-state index < -0.39 is 0 Å². The summed E-state index contributed by atoms with van der Waals surface area (Å²) in [5.41, 5.74) is 0. The summed E-state index contributed by atoms with van der Waals surface area (Å²) in [4.78, 5) is 12.1. The van der Waals surface area contributed by atoms with Crippen LogP contribution in [0.2, 0.25) is 0 Å². The predicted octanol–water partition coefficient (Wildman–Crippen LogP) is 2.07. The Morgan fingerprint density at radius 1 is 1.24 bits per heavy atom. The molecule has 1 aliphatic heterocycles. The van der Waals surface area contributed by atoms with Crippen LogP contribution in [0.25, 0.3) is 0 Å². The molecule has 1 saturated carbocycles. The molecule has 17 heavy (non-hydrogen) atoms. The Bertz CT molecular complexity index is 263. The molecule has 98 valence electrons. The smallest absolute Gasteiger partial charge is 0.237 e. The van der Waals surface area contributed by atoms with Crippen LogP contribution >= 0.6 is 0 Å². The van der Waals surface area contributed by atoms with E-state index in [0.29, 0.717) is 12.0 Å². The van der Waals surface area contributed by atoms with E-state index in [9.17, 15) is 4.79 Å². The Hall–Kier alpha value is -0.570.